The molecule has 0 fully saturated rings. The van der Waals surface area contributed by atoms with Gasteiger partial charge in [0.05, 0.1) is 5.39 Å². The number of rotatable bonds is 0. The minimum absolute atomic E-state index is 0.603. The molecule has 0 amide bonds. The summed E-state index contributed by atoms with van der Waals surface area (Å²) in [7, 11) is 2.49. The number of fused-ring (bicyclic) bond motifs is 1. The SMILES string of the molecule is Nc1nn(P)c2sccc12. The molecule has 10 heavy (non-hydrogen) atoms. The minimum atomic E-state index is 0.603. The number of hydrogen-bond acceptors (Lipinski definition) is 3. The quantitative estimate of drug-likeness (QED) is 0.607. The zero-order chi connectivity index (χ0) is 7.14. The summed E-state index contributed by atoms with van der Waals surface area (Å²) in [6.07, 6.45) is 0. The molecular weight excluding hydrogens is 165 g/mol. The number of anilines is 1. The van der Waals surface area contributed by atoms with Crippen molar-refractivity contribution in [2.24, 2.45) is 0 Å². The molecular formula is C5H6N3PS. The topological polar surface area (TPSA) is 43.8 Å². The Morgan fingerprint density at radius 2 is 2.50 bits per heavy atom. The molecule has 2 rings (SSSR count). The van der Waals surface area contributed by atoms with Crippen LogP contribution in [0.15, 0.2) is 11.4 Å². The van der Waals surface area contributed by atoms with Gasteiger partial charge >= 0.3 is 0 Å². The number of hydrogen-bond donors (Lipinski definition) is 1. The maximum atomic E-state index is 5.58. The predicted octanol–water partition coefficient (Wildman–Crippen LogP) is 1.32. The molecule has 2 heterocycles. The van der Waals surface area contributed by atoms with E-state index in [0.29, 0.717) is 5.82 Å². The summed E-state index contributed by atoms with van der Waals surface area (Å²) in [5, 5.41) is 7.06. The minimum Gasteiger partial charge on any atom is -0.382 e. The van der Waals surface area contributed by atoms with Crippen molar-refractivity contribution in [3.05, 3.63) is 11.4 Å². The van der Waals surface area contributed by atoms with E-state index in [9.17, 15) is 0 Å². The van der Waals surface area contributed by atoms with Crippen LogP contribution in [0.25, 0.3) is 10.2 Å². The summed E-state index contributed by atoms with van der Waals surface area (Å²) in [5.74, 6) is 0.603. The van der Waals surface area contributed by atoms with Gasteiger partial charge in [-0.05, 0) is 20.8 Å². The van der Waals surface area contributed by atoms with E-state index in [1.165, 1.54) is 0 Å². The van der Waals surface area contributed by atoms with Crippen molar-refractivity contribution in [2.45, 2.75) is 0 Å². The molecule has 1 atom stereocenters. The monoisotopic (exact) mass is 171 g/mol. The van der Waals surface area contributed by atoms with Gasteiger partial charge in [0.2, 0.25) is 0 Å². The lowest BCUT2D eigenvalue weighted by atomic mass is 10.4. The van der Waals surface area contributed by atoms with Gasteiger partial charge in [0.15, 0.2) is 5.82 Å². The van der Waals surface area contributed by atoms with Crippen molar-refractivity contribution < 1.29 is 0 Å². The van der Waals surface area contributed by atoms with Crippen LogP contribution in [-0.4, -0.2) is 9.55 Å². The van der Waals surface area contributed by atoms with Crippen molar-refractivity contribution in [1.29, 1.82) is 0 Å². The molecule has 1 unspecified atom stereocenters. The Morgan fingerprint density at radius 3 is 3.20 bits per heavy atom. The fourth-order valence-corrected chi connectivity index (χ4v) is 2.12. The second-order valence-electron chi connectivity index (χ2n) is 1.97. The Balaban J connectivity index is 2.98. The van der Waals surface area contributed by atoms with Crippen LogP contribution in [0.3, 0.4) is 0 Å². The maximum absolute atomic E-state index is 5.58. The van der Waals surface area contributed by atoms with Crippen LogP contribution in [0.4, 0.5) is 5.82 Å². The lowest BCUT2D eigenvalue weighted by Crippen LogP contribution is -1.85. The fourth-order valence-electron chi connectivity index (χ4n) is 0.889. The maximum Gasteiger partial charge on any atom is 0.154 e. The Labute approximate surface area is 64.1 Å². The van der Waals surface area contributed by atoms with Crippen LogP contribution in [0, 0.1) is 0 Å². The Bertz CT molecular complexity index is 332. The van der Waals surface area contributed by atoms with E-state index in [4.69, 9.17) is 5.73 Å². The standard InChI is InChI=1S/C5H6N3PS/c6-4-3-1-2-10-5(3)8(9)7-4/h1-2H,9H2,(H2,6,7). The molecule has 2 aromatic rings. The van der Waals surface area contributed by atoms with Crippen LogP contribution >= 0.6 is 20.7 Å². The first-order chi connectivity index (χ1) is 4.79. The van der Waals surface area contributed by atoms with Gasteiger partial charge in [-0.25, -0.2) is 4.45 Å². The molecule has 0 bridgehead atoms. The highest BCUT2D eigenvalue weighted by Crippen LogP contribution is 2.26. The molecule has 0 saturated carbocycles. The van der Waals surface area contributed by atoms with E-state index in [1.807, 2.05) is 11.4 Å². The Morgan fingerprint density at radius 1 is 1.70 bits per heavy atom. The van der Waals surface area contributed by atoms with Crippen LogP contribution < -0.4 is 5.73 Å². The first-order valence-corrected chi connectivity index (χ1v) is 4.15. The van der Waals surface area contributed by atoms with E-state index in [0.717, 1.165) is 10.2 Å². The van der Waals surface area contributed by atoms with E-state index in [1.54, 1.807) is 15.8 Å². The molecule has 0 saturated heterocycles. The molecule has 0 aliphatic heterocycles. The third kappa shape index (κ3) is 0.662. The van der Waals surface area contributed by atoms with E-state index < -0.39 is 0 Å². The summed E-state index contributed by atoms with van der Waals surface area (Å²) in [4.78, 5) is 1.10. The summed E-state index contributed by atoms with van der Waals surface area (Å²) in [6.45, 7) is 0. The summed E-state index contributed by atoms with van der Waals surface area (Å²) >= 11 is 1.63. The highest BCUT2D eigenvalue weighted by molar-refractivity contribution is 7.21. The normalized spacial score (nSPS) is 10.9. The van der Waals surface area contributed by atoms with Crippen molar-refractivity contribution in [3.8, 4) is 0 Å². The number of nitrogens with zero attached hydrogens (tertiary/aromatic N) is 2. The van der Waals surface area contributed by atoms with Gasteiger partial charge in [-0.3, -0.25) is 0 Å². The second-order valence-corrected chi connectivity index (χ2v) is 3.35. The largest absolute Gasteiger partial charge is 0.382 e. The average Bonchev–Trinajstić information content (AvgIpc) is 2.39. The van der Waals surface area contributed by atoms with Crippen LogP contribution in [0.1, 0.15) is 0 Å². The van der Waals surface area contributed by atoms with Gasteiger partial charge in [0.1, 0.15) is 4.83 Å². The highest BCUT2D eigenvalue weighted by Gasteiger charge is 2.04. The zero-order valence-electron chi connectivity index (χ0n) is 5.11. The Hall–Kier alpha value is -0.600. The number of nitrogen functional groups attached to an aromatic ring is 1. The number of aromatic nitrogens is 2. The van der Waals surface area contributed by atoms with Crippen molar-refractivity contribution >= 4 is 36.8 Å². The molecule has 52 valence electrons. The van der Waals surface area contributed by atoms with Crippen LogP contribution in [-0.2, 0) is 0 Å². The Kier molecular flexibility index (Phi) is 1.19. The average molecular weight is 171 g/mol. The summed E-state index contributed by atoms with van der Waals surface area (Å²) in [5.41, 5.74) is 5.58. The van der Waals surface area contributed by atoms with Gasteiger partial charge in [-0.15, -0.1) is 11.3 Å². The van der Waals surface area contributed by atoms with Crippen LogP contribution in [0.5, 0.6) is 0 Å². The third-order valence-corrected chi connectivity index (χ3v) is 2.81. The first kappa shape index (κ1) is 6.13. The number of thiophene rings is 1. The third-order valence-electron chi connectivity index (χ3n) is 1.34. The van der Waals surface area contributed by atoms with Gasteiger partial charge < -0.3 is 5.73 Å². The van der Waals surface area contributed by atoms with E-state index >= 15 is 0 Å². The lowest BCUT2D eigenvalue weighted by molar-refractivity contribution is 1.06. The van der Waals surface area contributed by atoms with Gasteiger partial charge in [0, 0.05) is 0 Å². The molecule has 0 aliphatic carbocycles. The van der Waals surface area contributed by atoms with Crippen LogP contribution in [0.2, 0.25) is 0 Å². The molecule has 3 nitrogen and oxygen atoms in total. The van der Waals surface area contributed by atoms with Crippen molar-refractivity contribution in [2.75, 3.05) is 5.73 Å². The highest BCUT2D eigenvalue weighted by atomic mass is 32.1. The molecule has 2 N–H and O–H groups in total. The van der Waals surface area contributed by atoms with Gasteiger partial charge in [0.25, 0.3) is 0 Å². The zero-order valence-corrected chi connectivity index (χ0v) is 7.08. The van der Waals surface area contributed by atoms with Gasteiger partial charge in [-0.2, -0.15) is 5.10 Å². The summed E-state index contributed by atoms with van der Waals surface area (Å²) < 4.78 is 1.72. The molecule has 0 radical (unpaired) electrons. The number of nitrogens with two attached hydrogens (primary N) is 1. The van der Waals surface area contributed by atoms with Gasteiger partial charge in [-0.1, -0.05) is 0 Å². The molecule has 2 aromatic heterocycles. The lowest BCUT2D eigenvalue weighted by Gasteiger charge is -1.83. The first-order valence-electron chi connectivity index (χ1n) is 2.76. The van der Waals surface area contributed by atoms with Crippen molar-refractivity contribution in [3.63, 3.8) is 0 Å². The smallest absolute Gasteiger partial charge is 0.154 e. The second kappa shape index (κ2) is 1.94. The predicted molar refractivity (Wildman–Crippen MR) is 47.1 cm³/mol. The van der Waals surface area contributed by atoms with Crippen molar-refractivity contribution in [1.82, 2.24) is 9.55 Å². The van der Waals surface area contributed by atoms with E-state index in [-0.39, 0.29) is 0 Å². The molecule has 0 aromatic carbocycles. The van der Waals surface area contributed by atoms with E-state index in [2.05, 4.69) is 14.5 Å². The molecule has 5 heteroatoms. The summed E-state index contributed by atoms with van der Waals surface area (Å²) in [6, 6.07) is 1.98. The molecule has 0 spiro atoms. The fraction of sp³-hybridized carbons (Fsp3) is 0. The molecule has 0 aliphatic rings.